The molecule has 0 unspecified atom stereocenters. The van der Waals surface area contributed by atoms with E-state index in [0.717, 1.165) is 48.9 Å². The average molecular weight is 390 g/mol. The second kappa shape index (κ2) is 10.6. The molecule has 1 aromatic heterocycles. The number of hydrogen-bond acceptors (Lipinski definition) is 2. The molecule has 0 spiro atoms. The first-order chi connectivity index (χ1) is 14.1. The molecule has 0 fully saturated rings. The SMILES string of the molecule is CC(=O)CCCCC[CH]C(=O)NCCc1c(-c2ccccc2)[nH]c2ccccc12. The van der Waals surface area contributed by atoms with Gasteiger partial charge in [-0.1, -0.05) is 61.4 Å². The van der Waals surface area contributed by atoms with Crippen LogP contribution in [0, 0.1) is 6.42 Å². The van der Waals surface area contributed by atoms with Crippen molar-refractivity contribution < 1.29 is 9.59 Å². The van der Waals surface area contributed by atoms with E-state index >= 15 is 0 Å². The van der Waals surface area contributed by atoms with E-state index in [9.17, 15) is 9.59 Å². The minimum atomic E-state index is -0.0160. The molecular weight excluding hydrogens is 360 g/mol. The fraction of sp³-hybridized carbons (Fsp3) is 0.320. The molecule has 1 amide bonds. The topological polar surface area (TPSA) is 62.0 Å². The Labute approximate surface area is 172 Å². The van der Waals surface area contributed by atoms with Gasteiger partial charge in [0.25, 0.3) is 0 Å². The Kier molecular flexibility index (Phi) is 7.62. The second-order valence-corrected chi connectivity index (χ2v) is 7.44. The maximum Gasteiger partial charge on any atom is 0.223 e. The van der Waals surface area contributed by atoms with Gasteiger partial charge in [-0.25, -0.2) is 0 Å². The number of aromatic amines is 1. The van der Waals surface area contributed by atoms with Crippen LogP contribution in [0.15, 0.2) is 54.6 Å². The normalized spacial score (nSPS) is 10.9. The highest BCUT2D eigenvalue weighted by molar-refractivity contribution is 5.91. The summed E-state index contributed by atoms with van der Waals surface area (Å²) in [5.74, 6) is 0.219. The molecule has 4 heteroatoms. The maximum atomic E-state index is 12.1. The van der Waals surface area contributed by atoms with Crippen molar-refractivity contribution in [2.75, 3.05) is 6.54 Å². The summed E-state index contributed by atoms with van der Waals surface area (Å²) in [5.41, 5.74) is 4.62. The smallest absolute Gasteiger partial charge is 0.223 e. The van der Waals surface area contributed by atoms with E-state index in [0.29, 0.717) is 13.0 Å². The molecule has 151 valence electrons. The van der Waals surface area contributed by atoms with Gasteiger partial charge in [-0.3, -0.25) is 4.79 Å². The predicted molar refractivity (Wildman–Crippen MR) is 119 cm³/mol. The van der Waals surface area contributed by atoms with E-state index in [4.69, 9.17) is 0 Å². The molecule has 0 aliphatic rings. The van der Waals surface area contributed by atoms with Crippen LogP contribution in [0.4, 0.5) is 0 Å². The fourth-order valence-electron chi connectivity index (χ4n) is 3.62. The molecule has 0 bridgehead atoms. The first-order valence-corrected chi connectivity index (χ1v) is 10.4. The van der Waals surface area contributed by atoms with Gasteiger partial charge in [-0.2, -0.15) is 0 Å². The molecule has 4 nitrogen and oxygen atoms in total. The summed E-state index contributed by atoms with van der Waals surface area (Å²) in [6.07, 6.45) is 6.73. The van der Waals surface area contributed by atoms with E-state index in [1.54, 1.807) is 13.3 Å². The second-order valence-electron chi connectivity index (χ2n) is 7.44. The lowest BCUT2D eigenvalue weighted by Crippen LogP contribution is -2.25. The Balaban J connectivity index is 1.53. The van der Waals surface area contributed by atoms with Crippen molar-refractivity contribution in [3.8, 4) is 11.3 Å². The zero-order chi connectivity index (χ0) is 20.5. The largest absolute Gasteiger partial charge is 0.356 e. The minimum absolute atomic E-state index is 0.0160. The molecule has 29 heavy (non-hydrogen) atoms. The molecule has 2 N–H and O–H groups in total. The lowest BCUT2D eigenvalue weighted by Gasteiger charge is -2.07. The Morgan fingerprint density at radius 2 is 1.72 bits per heavy atom. The maximum absolute atomic E-state index is 12.1. The summed E-state index contributed by atoms with van der Waals surface area (Å²) < 4.78 is 0. The number of aromatic nitrogens is 1. The quantitative estimate of drug-likeness (QED) is 0.441. The molecule has 1 radical (unpaired) electrons. The van der Waals surface area contributed by atoms with Crippen molar-refractivity contribution in [3.63, 3.8) is 0 Å². The molecule has 1 heterocycles. The van der Waals surface area contributed by atoms with Crippen LogP contribution in [-0.4, -0.2) is 23.2 Å². The number of carbonyl (C=O) groups is 2. The van der Waals surface area contributed by atoms with Gasteiger partial charge in [0.15, 0.2) is 0 Å². The summed E-state index contributed by atoms with van der Waals surface area (Å²) in [6.45, 7) is 2.22. The molecule has 0 saturated carbocycles. The van der Waals surface area contributed by atoms with Gasteiger partial charge in [0.1, 0.15) is 5.78 Å². The lowest BCUT2D eigenvalue weighted by molar-refractivity contribution is -0.118. The molecule has 0 atom stereocenters. The molecule has 3 rings (SSSR count). The van der Waals surface area contributed by atoms with Gasteiger partial charge >= 0.3 is 0 Å². The van der Waals surface area contributed by atoms with Crippen LogP contribution in [0.1, 0.15) is 44.6 Å². The van der Waals surface area contributed by atoms with Crippen LogP contribution in [0.25, 0.3) is 22.2 Å². The summed E-state index contributed by atoms with van der Waals surface area (Å²) in [6, 6.07) is 18.6. The summed E-state index contributed by atoms with van der Waals surface area (Å²) in [5, 5.41) is 4.21. The van der Waals surface area contributed by atoms with E-state index < -0.39 is 0 Å². The number of ketones is 1. The van der Waals surface area contributed by atoms with Crippen LogP contribution in [0.3, 0.4) is 0 Å². The van der Waals surface area contributed by atoms with Crippen molar-refractivity contribution >= 4 is 22.6 Å². The first kappa shape index (κ1) is 20.8. The molecule has 0 saturated heterocycles. The number of amides is 1. The number of unbranched alkanes of at least 4 members (excludes halogenated alkanes) is 3. The highest BCUT2D eigenvalue weighted by Crippen LogP contribution is 2.30. The number of carbonyl (C=O) groups excluding carboxylic acids is 2. The van der Waals surface area contributed by atoms with Crippen LogP contribution in [0.2, 0.25) is 0 Å². The lowest BCUT2D eigenvalue weighted by atomic mass is 10.0. The van der Waals surface area contributed by atoms with E-state index in [1.165, 1.54) is 10.9 Å². The zero-order valence-electron chi connectivity index (χ0n) is 17.0. The highest BCUT2D eigenvalue weighted by Gasteiger charge is 2.13. The summed E-state index contributed by atoms with van der Waals surface area (Å²) in [4.78, 5) is 26.6. The number of benzene rings is 2. The third-order valence-corrected chi connectivity index (χ3v) is 5.11. The first-order valence-electron chi connectivity index (χ1n) is 10.4. The molecule has 2 aromatic carbocycles. The molecule has 0 aliphatic carbocycles. The third-order valence-electron chi connectivity index (χ3n) is 5.11. The number of rotatable bonds is 11. The van der Waals surface area contributed by atoms with Gasteiger partial charge in [-0.15, -0.1) is 0 Å². The Morgan fingerprint density at radius 3 is 2.52 bits per heavy atom. The van der Waals surface area contributed by atoms with Crippen LogP contribution in [0.5, 0.6) is 0 Å². The van der Waals surface area contributed by atoms with Crippen LogP contribution >= 0.6 is 0 Å². The van der Waals surface area contributed by atoms with E-state index in [2.05, 4.69) is 34.6 Å². The van der Waals surface area contributed by atoms with Crippen LogP contribution < -0.4 is 5.32 Å². The number of fused-ring (bicyclic) bond motifs is 1. The number of Topliss-reactive ketones (excluding diaryl/α,β-unsaturated/α-hetero) is 1. The molecule has 3 aromatic rings. The minimum Gasteiger partial charge on any atom is -0.356 e. The molecule has 0 aliphatic heterocycles. The van der Waals surface area contributed by atoms with Gasteiger partial charge < -0.3 is 15.1 Å². The van der Waals surface area contributed by atoms with Gasteiger partial charge in [0.05, 0.1) is 0 Å². The number of nitrogens with one attached hydrogen (secondary N) is 2. The van der Waals surface area contributed by atoms with E-state index in [1.807, 2.05) is 30.3 Å². The number of hydrogen-bond donors (Lipinski definition) is 2. The molecular formula is C25H29N2O2. The number of para-hydroxylation sites is 1. The van der Waals surface area contributed by atoms with Crippen molar-refractivity contribution in [1.82, 2.24) is 10.3 Å². The van der Waals surface area contributed by atoms with Gasteiger partial charge in [0.2, 0.25) is 5.91 Å². The Morgan fingerprint density at radius 1 is 0.966 bits per heavy atom. The fourth-order valence-corrected chi connectivity index (χ4v) is 3.62. The van der Waals surface area contributed by atoms with E-state index in [-0.39, 0.29) is 11.7 Å². The standard InChI is InChI=1S/C25H29N2O2/c1-19(28)11-5-2-3-8-16-24(29)26-18-17-22-21-14-9-10-15-23(21)27-25(22)20-12-6-4-7-13-20/h4,6-7,9-10,12-16,27H,2-3,5,8,11,17-18H2,1H3,(H,26,29). The Bertz CT molecular complexity index is 944. The zero-order valence-corrected chi connectivity index (χ0v) is 17.0. The van der Waals surface area contributed by atoms with Gasteiger partial charge in [-0.05, 0) is 43.4 Å². The Hall–Kier alpha value is -2.88. The summed E-state index contributed by atoms with van der Waals surface area (Å²) in [7, 11) is 0. The van der Waals surface area contributed by atoms with Crippen LogP contribution in [-0.2, 0) is 16.0 Å². The number of H-pyrrole nitrogens is 1. The highest BCUT2D eigenvalue weighted by atomic mass is 16.1. The predicted octanol–water partition coefficient (Wildman–Crippen LogP) is 5.24. The average Bonchev–Trinajstić information content (AvgIpc) is 3.10. The monoisotopic (exact) mass is 389 g/mol. The summed E-state index contributed by atoms with van der Waals surface area (Å²) >= 11 is 0. The van der Waals surface area contributed by atoms with Crippen molar-refractivity contribution in [3.05, 3.63) is 66.6 Å². The third kappa shape index (κ3) is 6.05. The van der Waals surface area contributed by atoms with Gasteiger partial charge in [0, 0.05) is 36.0 Å². The van der Waals surface area contributed by atoms with Crippen molar-refractivity contribution in [2.24, 2.45) is 0 Å². The van der Waals surface area contributed by atoms with Crippen molar-refractivity contribution in [2.45, 2.75) is 45.4 Å². The van der Waals surface area contributed by atoms with Crippen molar-refractivity contribution in [1.29, 1.82) is 0 Å².